The molecule has 13 heteroatoms. The van der Waals surface area contributed by atoms with E-state index in [1.807, 2.05) is 18.2 Å². The Morgan fingerprint density at radius 2 is 1.67 bits per heavy atom. The largest absolute Gasteiger partial charge is 0.490 e. The number of amides is 1. The number of aromatic nitrogens is 1. The van der Waals surface area contributed by atoms with Gasteiger partial charge in [-0.3, -0.25) is 9.78 Å². The zero-order chi connectivity index (χ0) is 26.7. The molecule has 0 aliphatic carbocycles. The van der Waals surface area contributed by atoms with E-state index in [9.17, 15) is 31.1 Å². The number of nitrogens with one attached hydrogen (secondary N) is 1. The fourth-order valence-corrected chi connectivity index (χ4v) is 3.72. The predicted molar refractivity (Wildman–Crippen MR) is 120 cm³/mol. The van der Waals surface area contributed by atoms with E-state index in [0.717, 1.165) is 41.7 Å². The minimum absolute atomic E-state index is 0.0969. The highest BCUT2D eigenvalue weighted by molar-refractivity contribution is 6.31. The van der Waals surface area contributed by atoms with E-state index in [4.69, 9.17) is 21.5 Å². The molecule has 3 aromatic rings. The summed E-state index contributed by atoms with van der Waals surface area (Å²) in [5, 5.41) is 11.6. The predicted octanol–water partition coefficient (Wildman–Crippen LogP) is 5.55. The second-order valence-electron chi connectivity index (χ2n) is 7.77. The van der Waals surface area contributed by atoms with Crippen LogP contribution >= 0.6 is 11.6 Å². The van der Waals surface area contributed by atoms with Gasteiger partial charge in [-0.25, -0.2) is 4.79 Å². The Morgan fingerprint density at radius 3 is 2.25 bits per heavy atom. The number of carboxylic acid groups (broad SMARTS) is 1. The highest BCUT2D eigenvalue weighted by atomic mass is 35.5. The van der Waals surface area contributed by atoms with Crippen LogP contribution in [0.2, 0.25) is 5.02 Å². The molecular weight excluding hydrogens is 516 g/mol. The summed E-state index contributed by atoms with van der Waals surface area (Å²) >= 11 is 6.04. The molecule has 1 amide bonds. The number of rotatable bonds is 3. The number of benzene rings is 2. The van der Waals surface area contributed by atoms with Gasteiger partial charge in [0.2, 0.25) is 0 Å². The molecule has 0 saturated carbocycles. The van der Waals surface area contributed by atoms with Crippen LogP contribution < -0.4 is 10.2 Å². The topological polar surface area (TPSA) is 82.5 Å². The van der Waals surface area contributed by atoms with Crippen LogP contribution in [0.1, 0.15) is 22.3 Å². The summed E-state index contributed by atoms with van der Waals surface area (Å²) in [5.41, 5.74) is 1.25. The monoisotopic (exact) mass is 533 g/mol. The maximum Gasteiger partial charge on any atom is 0.490 e. The van der Waals surface area contributed by atoms with Crippen LogP contribution in [0.5, 0.6) is 0 Å². The number of hydrogen-bond acceptors (Lipinski definition) is 4. The Morgan fingerprint density at radius 1 is 1.03 bits per heavy atom. The second kappa shape index (κ2) is 10.6. The number of hydrogen-bond donors (Lipinski definition) is 2. The molecule has 4 rings (SSSR count). The van der Waals surface area contributed by atoms with Gasteiger partial charge in [-0.05, 0) is 55.0 Å². The van der Waals surface area contributed by atoms with E-state index in [1.54, 1.807) is 12.3 Å². The van der Waals surface area contributed by atoms with Gasteiger partial charge in [0.15, 0.2) is 0 Å². The Balaban J connectivity index is 0.000000454. The molecule has 2 aromatic carbocycles. The fraction of sp³-hybridized carbons (Fsp3) is 0.261. The van der Waals surface area contributed by atoms with Crippen LogP contribution in [0.4, 0.5) is 32.0 Å². The number of fused-ring (bicyclic) bond motifs is 1. The van der Waals surface area contributed by atoms with Gasteiger partial charge in [-0.2, -0.15) is 26.3 Å². The van der Waals surface area contributed by atoms with Crippen molar-refractivity contribution in [1.29, 1.82) is 0 Å². The van der Waals surface area contributed by atoms with E-state index in [2.05, 4.69) is 15.2 Å². The summed E-state index contributed by atoms with van der Waals surface area (Å²) in [6, 6.07) is 11.6. The summed E-state index contributed by atoms with van der Waals surface area (Å²) in [5.74, 6) is -3.13. The average Bonchev–Trinajstić information content (AvgIpc) is 3.26. The van der Waals surface area contributed by atoms with Gasteiger partial charge in [0.25, 0.3) is 5.91 Å². The number of pyridine rings is 1. The number of nitrogens with zero attached hydrogens (tertiary/aromatic N) is 2. The molecule has 1 aliphatic rings. The first-order chi connectivity index (χ1) is 16.8. The van der Waals surface area contributed by atoms with Crippen LogP contribution in [0.3, 0.4) is 0 Å². The number of anilines is 1. The van der Waals surface area contributed by atoms with Gasteiger partial charge in [-0.1, -0.05) is 11.6 Å². The Kier molecular flexibility index (Phi) is 7.97. The van der Waals surface area contributed by atoms with E-state index in [0.29, 0.717) is 11.6 Å². The van der Waals surface area contributed by atoms with Crippen molar-refractivity contribution in [3.63, 3.8) is 0 Å². The molecule has 0 bridgehead atoms. The van der Waals surface area contributed by atoms with Crippen LogP contribution in [-0.2, 0) is 11.0 Å². The summed E-state index contributed by atoms with van der Waals surface area (Å²) in [6.07, 6.45) is -7.04. The lowest BCUT2D eigenvalue weighted by Crippen LogP contribution is -2.37. The molecule has 1 aliphatic heterocycles. The van der Waals surface area contributed by atoms with Crippen molar-refractivity contribution in [3.8, 4) is 0 Å². The summed E-state index contributed by atoms with van der Waals surface area (Å²) in [4.78, 5) is 27.8. The van der Waals surface area contributed by atoms with Crippen molar-refractivity contribution in [2.45, 2.75) is 24.8 Å². The van der Waals surface area contributed by atoms with Gasteiger partial charge in [0.05, 0.1) is 11.1 Å². The van der Waals surface area contributed by atoms with Crippen molar-refractivity contribution in [2.75, 3.05) is 18.0 Å². The average molecular weight is 534 g/mol. The Hall–Kier alpha value is -3.54. The highest BCUT2D eigenvalue weighted by Crippen LogP contribution is 2.31. The maximum absolute atomic E-state index is 12.7. The third-order valence-corrected chi connectivity index (χ3v) is 5.50. The molecule has 0 spiro atoms. The van der Waals surface area contributed by atoms with Gasteiger partial charge in [-0.15, -0.1) is 0 Å². The summed E-state index contributed by atoms with van der Waals surface area (Å²) in [6.45, 7) is 1.35. The molecule has 1 unspecified atom stereocenters. The number of aliphatic carboxylic acids is 1. The molecule has 1 aromatic heterocycles. The molecule has 1 atom stereocenters. The van der Waals surface area contributed by atoms with Gasteiger partial charge in [0.1, 0.15) is 0 Å². The van der Waals surface area contributed by atoms with Crippen molar-refractivity contribution in [2.24, 2.45) is 0 Å². The zero-order valence-electron chi connectivity index (χ0n) is 18.2. The third-order valence-electron chi connectivity index (χ3n) is 5.26. The lowest BCUT2D eigenvalue weighted by Gasteiger charge is -2.21. The number of halogens is 7. The Labute approximate surface area is 205 Å². The van der Waals surface area contributed by atoms with E-state index in [-0.39, 0.29) is 17.5 Å². The fourth-order valence-electron chi connectivity index (χ4n) is 3.56. The molecular formula is C23H18ClF6N3O3. The molecule has 1 saturated heterocycles. The van der Waals surface area contributed by atoms with E-state index >= 15 is 0 Å². The van der Waals surface area contributed by atoms with Gasteiger partial charge >= 0.3 is 18.3 Å². The molecule has 2 heterocycles. The molecule has 2 N–H and O–H groups in total. The van der Waals surface area contributed by atoms with Gasteiger partial charge < -0.3 is 15.3 Å². The van der Waals surface area contributed by atoms with Crippen molar-refractivity contribution < 1.29 is 41.0 Å². The first-order valence-corrected chi connectivity index (χ1v) is 10.7. The number of carbonyl (C=O) groups excluding carboxylic acids is 1. The standard InChI is InChI=1S/C21H17ClF3N3O.C2HF3O2/c22-15-5-6-17-18(11-15)26-9-7-19(17)28-10-8-16(12-28)27-20(29)13-1-3-14(4-2-13)21(23,24)25;3-2(4,5)1(6)7/h1-7,9,11,16H,8,10,12H2,(H,27,29);(H,6,7). The van der Waals surface area contributed by atoms with Crippen LogP contribution in [0.25, 0.3) is 10.9 Å². The maximum atomic E-state index is 12.7. The third kappa shape index (κ3) is 6.78. The van der Waals surface area contributed by atoms with Crippen molar-refractivity contribution in [1.82, 2.24) is 10.3 Å². The van der Waals surface area contributed by atoms with Crippen molar-refractivity contribution in [3.05, 3.63) is 70.9 Å². The highest BCUT2D eigenvalue weighted by Gasteiger charge is 2.38. The Bertz CT molecular complexity index is 1250. The minimum atomic E-state index is -5.08. The van der Waals surface area contributed by atoms with Crippen LogP contribution in [-0.4, -0.2) is 47.3 Å². The second-order valence-corrected chi connectivity index (χ2v) is 8.21. The smallest absolute Gasteiger partial charge is 0.475 e. The minimum Gasteiger partial charge on any atom is -0.475 e. The number of carboxylic acids is 1. The molecule has 6 nitrogen and oxygen atoms in total. The van der Waals surface area contributed by atoms with Crippen molar-refractivity contribution >= 4 is 40.1 Å². The van der Waals surface area contributed by atoms with Gasteiger partial charge in [0, 0.05) is 47.0 Å². The zero-order valence-corrected chi connectivity index (χ0v) is 19.0. The normalized spacial score (nSPS) is 15.9. The van der Waals surface area contributed by atoms with Crippen LogP contribution in [0, 0.1) is 0 Å². The first-order valence-electron chi connectivity index (χ1n) is 10.3. The molecule has 1 fully saturated rings. The lowest BCUT2D eigenvalue weighted by atomic mass is 10.1. The number of alkyl halides is 6. The van der Waals surface area contributed by atoms with Crippen LogP contribution in [0.15, 0.2) is 54.7 Å². The van der Waals surface area contributed by atoms with E-state index < -0.39 is 23.9 Å². The summed E-state index contributed by atoms with van der Waals surface area (Å²) < 4.78 is 69.7. The molecule has 192 valence electrons. The van der Waals surface area contributed by atoms with E-state index in [1.165, 1.54) is 12.1 Å². The first kappa shape index (κ1) is 27.1. The SMILES string of the molecule is O=C(NC1CCN(c2ccnc3cc(Cl)ccc23)C1)c1ccc(C(F)(F)F)cc1.O=C(O)C(F)(F)F. The number of carbonyl (C=O) groups is 2. The molecule has 36 heavy (non-hydrogen) atoms. The summed E-state index contributed by atoms with van der Waals surface area (Å²) in [7, 11) is 0. The molecule has 0 radical (unpaired) electrons. The quantitative estimate of drug-likeness (QED) is 0.432. The lowest BCUT2D eigenvalue weighted by molar-refractivity contribution is -0.192.